The standard InChI is InChI=1S/C28H34FN3O5/c1-8-17-9-12-22(29)21(15-17)23(25(33)34)31-19-10-11-20-18(16-19)13-14-30-24(20)32(37-28(5,6)7)26(35)36-27(2,3)4/h9-16,23,31H,8H2,1-7H3,(H,33,34). The van der Waals surface area contributed by atoms with Crippen LogP contribution in [0, 0.1) is 5.82 Å². The second-order valence-electron chi connectivity index (χ2n) is 10.7. The van der Waals surface area contributed by atoms with Gasteiger partial charge in [-0.15, -0.1) is 5.06 Å². The van der Waals surface area contributed by atoms with Gasteiger partial charge in [-0.05, 0) is 89.2 Å². The van der Waals surface area contributed by atoms with Crippen molar-refractivity contribution in [2.75, 3.05) is 10.4 Å². The zero-order chi connectivity index (χ0) is 27.5. The molecule has 1 amide bonds. The van der Waals surface area contributed by atoms with Crippen LogP contribution in [0.2, 0.25) is 0 Å². The van der Waals surface area contributed by atoms with E-state index in [4.69, 9.17) is 9.57 Å². The molecule has 0 saturated heterocycles. The average molecular weight is 512 g/mol. The van der Waals surface area contributed by atoms with Gasteiger partial charge in [0.15, 0.2) is 11.9 Å². The molecule has 0 fully saturated rings. The van der Waals surface area contributed by atoms with Crippen molar-refractivity contribution in [1.29, 1.82) is 0 Å². The molecule has 1 aromatic heterocycles. The Hall–Kier alpha value is -3.72. The van der Waals surface area contributed by atoms with Crippen LogP contribution in [0.25, 0.3) is 10.8 Å². The number of amides is 1. The number of benzene rings is 2. The first kappa shape index (κ1) is 27.9. The minimum Gasteiger partial charge on any atom is -0.479 e. The Labute approximate surface area is 216 Å². The van der Waals surface area contributed by atoms with Crippen LogP contribution in [0.5, 0.6) is 0 Å². The van der Waals surface area contributed by atoms with Gasteiger partial charge in [-0.25, -0.2) is 19.0 Å². The van der Waals surface area contributed by atoms with E-state index in [1.54, 1.807) is 77.9 Å². The number of nitrogens with one attached hydrogen (secondary N) is 1. The molecule has 1 unspecified atom stereocenters. The summed E-state index contributed by atoms with van der Waals surface area (Å²) in [5.41, 5.74) is -0.140. The highest BCUT2D eigenvalue weighted by Crippen LogP contribution is 2.32. The summed E-state index contributed by atoms with van der Waals surface area (Å²) in [5, 5.41) is 15.1. The van der Waals surface area contributed by atoms with Crippen LogP contribution in [0.15, 0.2) is 48.7 Å². The number of carbonyl (C=O) groups excluding carboxylic acids is 1. The molecular formula is C28H34FN3O5. The topological polar surface area (TPSA) is 101 Å². The Balaban J connectivity index is 2.02. The Bertz CT molecular complexity index is 1300. The first-order valence-electron chi connectivity index (χ1n) is 12.1. The summed E-state index contributed by atoms with van der Waals surface area (Å²) in [7, 11) is 0. The molecule has 0 spiro atoms. The predicted molar refractivity (Wildman–Crippen MR) is 141 cm³/mol. The minimum absolute atomic E-state index is 0.0528. The Morgan fingerprint density at radius 1 is 1.05 bits per heavy atom. The van der Waals surface area contributed by atoms with E-state index in [-0.39, 0.29) is 11.4 Å². The molecular weight excluding hydrogens is 477 g/mol. The number of ether oxygens (including phenoxy) is 1. The molecule has 0 aliphatic carbocycles. The van der Waals surface area contributed by atoms with Gasteiger partial charge in [0.05, 0.1) is 5.60 Å². The number of anilines is 2. The van der Waals surface area contributed by atoms with E-state index < -0.39 is 35.1 Å². The number of aliphatic carboxylic acids is 1. The largest absolute Gasteiger partial charge is 0.479 e. The Kier molecular flexibility index (Phi) is 8.07. The molecule has 9 heteroatoms. The number of hydrogen-bond acceptors (Lipinski definition) is 6. The summed E-state index contributed by atoms with van der Waals surface area (Å²) in [6.07, 6.45) is 1.45. The van der Waals surface area contributed by atoms with Crippen LogP contribution in [0.1, 0.15) is 65.6 Å². The number of aryl methyl sites for hydroxylation is 1. The number of aromatic nitrogens is 1. The minimum atomic E-state index is -1.30. The first-order chi connectivity index (χ1) is 17.2. The van der Waals surface area contributed by atoms with E-state index in [1.807, 2.05) is 6.92 Å². The first-order valence-corrected chi connectivity index (χ1v) is 12.1. The number of carboxylic acid groups (broad SMARTS) is 1. The van der Waals surface area contributed by atoms with Gasteiger partial charge in [-0.1, -0.05) is 19.1 Å². The molecule has 1 atom stereocenters. The van der Waals surface area contributed by atoms with Crippen LogP contribution in [0.3, 0.4) is 0 Å². The lowest BCUT2D eigenvalue weighted by atomic mass is 10.0. The van der Waals surface area contributed by atoms with Crippen molar-refractivity contribution in [3.8, 4) is 0 Å². The fraction of sp³-hybridized carbons (Fsp3) is 0.393. The third-order valence-electron chi connectivity index (χ3n) is 5.20. The van der Waals surface area contributed by atoms with E-state index in [0.717, 1.165) is 10.6 Å². The highest BCUT2D eigenvalue weighted by molar-refractivity contribution is 5.99. The van der Waals surface area contributed by atoms with E-state index in [2.05, 4.69) is 10.3 Å². The van der Waals surface area contributed by atoms with Gasteiger partial charge < -0.3 is 15.2 Å². The van der Waals surface area contributed by atoms with Crippen molar-refractivity contribution >= 4 is 34.3 Å². The van der Waals surface area contributed by atoms with Crippen LogP contribution in [0.4, 0.5) is 20.7 Å². The zero-order valence-corrected chi connectivity index (χ0v) is 22.3. The van der Waals surface area contributed by atoms with Gasteiger partial charge in [0, 0.05) is 22.8 Å². The normalized spacial score (nSPS) is 12.8. The smallest absolute Gasteiger partial charge is 0.440 e. The van der Waals surface area contributed by atoms with Crippen LogP contribution in [-0.2, 0) is 20.8 Å². The number of nitrogens with zero attached hydrogens (tertiary/aromatic N) is 2. The van der Waals surface area contributed by atoms with Crippen molar-refractivity contribution in [3.05, 3.63) is 65.6 Å². The lowest BCUT2D eigenvalue weighted by molar-refractivity contribution is -0.138. The highest BCUT2D eigenvalue weighted by Gasteiger charge is 2.31. The van der Waals surface area contributed by atoms with Gasteiger partial charge in [-0.2, -0.15) is 0 Å². The van der Waals surface area contributed by atoms with Gasteiger partial charge in [0.25, 0.3) is 0 Å². The molecule has 3 aromatic rings. The SMILES string of the molecule is CCc1ccc(F)c(C(Nc2ccc3c(N(OC(C)(C)C)C(=O)OC(C)(C)C)nccc3c2)C(=O)O)c1. The summed E-state index contributed by atoms with van der Waals surface area (Å²) < 4.78 is 20.1. The third kappa shape index (κ3) is 7.16. The Morgan fingerprint density at radius 2 is 1.76 bits per heavy atom. The summed E-state index contributed by atoms with van der Waals surface area (Å²) in [6, 6.07) is 9.96. The van der Waals surface area contributed by atoms with Gasteiger partial charge in [0.2, 0.25) is 0 Å². The van der Waals surface area contributed by atoms with Crippen molar-refractivity contribution in [3.63, 3.8) is 0 Å². The number of fused-ring (bicyclic) bond motifs is 1. The number of carboxylic acids is 1. The van der Waals surface area contributed by atoms with Crippen LogP contribution < -0.4 is 10.4 Å². The molecule has 0 bridgehead atoms. The van der Waals surface area contributed by atoms with Crippen molar-refractivity contribution in [1.82, 2.24) is 4.98 Å². The fourth-order valence-electron chi connectivity index (χ4n) is 3.63. The molecule has 3 rings (SSSR count). The van der Waals surface area contributed by atoms with Gasteiger partial charge in [0.1, 0.15) is 11.4 Å². The highest BCUT2D eigenvalue weighted by atomic mass is 19.1. The van der Waals surface area contributed by atoms with Crippen LogP contribution >= 0.6 is 0 Å². The average Bonchev–Trinajstić information content (AvgIpc) is 2.79. The fourth-order valence-corrected chi connectivity index (χ4v) is 3.63. The maximum absolute atomic E-state index is 14.6. The molecule has 0 aliphatic heterocycles. The molecule has 37 heavy (non-hydrogen) atoms. The van der Waals surface area contributed by atoms with E-state index in [0.29, 0.717) is 22.9 Å². The lowest BCUT2D eigenvalue weighted by Gasteiger charge is -2.31. The van der Waals surface area contributed by atoms with Crippen molar-refractivity contribution in [2.24, 2.45) is 0 Å². The molecule has 198 valence electrons. The number of rotatable bonds is 7. The number of carbonyl (C=O) groups is 2. The third-order valence-corrected chi connectivity index (χ3v) is 5.20. The maximum atomic E-state index is 14.6. The van der Waals surface area contributed by atoms with E-state index >= 15 is 0 Å². The van der Waals surface area contributed by atoms with Crippen LogP contribution in [-0.4, -0.2) is 33.4 Å². The van der Waals surface area contributed by atoms with E-state index in [9.17, 15) is 19.1 Å². The lowest BCUT2D eigenvalue weighted by Crippen LogP contribution is -2.42. The molecule has 2 N–H and O–H groups in total. The maximum Gasteiger partial charge on any atom is 0.440 e. The van der Waals surface area contributed by atoms with Gasteiger partial charge in [-0.3, -0.25) is 4.84 Å². The number of hydroxylamine groups is 1. The summed E-state index contributed by atoms with van der Waals surface area (Å²) >= 11 is 0. The number of pyridine rings is 1. The quantitative estimate of drug-likeness (QED) is 0.343. The molecule has 2 aromatic carbocycles. The second kappa shape index (κ2) is 10.7. The molecule has 0 saturated carbocycles. The van der Waals surface area contributed by atoms with Gasteiger partial charge >= 0.3 is 12.1 Å². The monoisotopic (exact) mass is 511 g/mol. The summed E-state index contributed by atoms with van der Waals surface area (Å²) in [6.45, 7) is 12.6. The summed E-state index contributed by atoms with van der Waals surface area (Å²) in [4.78, 5) is 35.4. The molecule has 0 aliphatic rings. The molecule has 8 nitrogen and oxygen atoms in total. The number of hydrogen-bond donors (Lipinski definition) is 2. The molecule has 1 heterocycles. The van der Waals surface area contributed by atoms with E-state index in [1.165, 1.54) is 12.3 Å². The second-order valence-corrected chi connectivity index (χ2v) is 10.7. The Morgan fingerprint density at radius 3 is 2.35 bits per heavy atom. The summed E-state index contributed by atoms with van der Waals surface area (Å²) in [5.74, 6) is -1.58. The predicted octanol–water partition coefficient (Wildman–Crippen LogP) is 6.65. The zero-order valence-electron chi connectivity index (χ0n) is 22.3. The van der Waals surface area contributed by atoms with Crippen molar-refractivity contribution < 1.29 is 28.7 Å². The molecule has 0 radical (unpaired) electrons. The number of halogens is 1. The van der Waals surface area contributed by atoms with Crippen molar-refractivity contribution in [2.45, 2.75) is 72.1 Å².